The van der Waals surface area contributed by atoms with Crippen LogP contribution in [-0.4, -0.2) is 30.3 Å². The SMILES string of the molecule is CCC(C)(CO)COCCCCCCBr. The molecule has 0 amide bonds. The van der Waals surface area contributed by atoms with Crippen LogP contribution in [0.5, 0.6) is 0 Å². The van der Waals surface area contributed by atoms with Gasteiger partial charge in [0.1, 0.15) is 0 Å². The monoisotopic (exact) mass is 280 g/mol. The molecule has 1 atom stereocenters. The summed E-state index contributed by atoms with van der Waals surface area (Å²) in [6.07, 6.45) is 5.88. The number of hydrogen-bond donors (Lipinski definition) is 1. The number of hydrogen-bond acceptors (Lipinski definition) is 2. The average molecular weight is 281 g/mol. The molecule has 15 heavy (non-hydrogen) atoms. The van der Waals surface area contributed by atoms with Gasteiger partial charge in [0.15, 0.2) is 0 Å². The van der Waals surface area contributed by atoms with Crippen molar-refractivity contribution in [3.05, 3.63) is 0 Å². The molecule has 2 nitrogen and oxygen atoms in total. The van der Waals surface area contributed by atoms with Crippen molar-refractivity contribution in [3.63, 3.8) is 0 Å². The van der Waals surface area contributed by atoms with Crippen molar-refractivity contribution in [2.75, 3.05) is 25.2 Å². The molecular weight excluding hydrogens is 256 g/mol. The van der Waals surface area contributed by atoms with Crippen LogP contribution in [0.3, 0.4) is 0 Å². The van der Waals surface area contributed by atoms with Gasteiger partial charge in [-0.25, -0.2) is 0 Å². The Hall–Kier alpha value is 0.400. The van der Waals surface area contributed by atoms with Crippen LogP contribution in [0.4, 0.5) is 0 Å². The molecule has 0 fully saturated rings. The summed E-state index contributed by atoms with van der Waals surface area (Å²) in [5.41, 5.74) is -0.0458. The van der Waals surface area contributed by atoms with Gasteiger partial charge in [-0.1, -0.05) is 42.6 Å². The first-order chi connectivity index (χ1) is 7.18. The third kappa shape index (κ3) is 8.23. The molecule has 0 spiro atoms. The van der Waals surface area contributed by atoms with Crippen LogP contribution < -0.4 is 0 Å². The number of alkyl halides is 1. The van der Waals surface area contributed by atoms with E-state index < -0.39 is 0 Å². The molecule has 0 heterocycles. The highest BCUT2D eigenvalue weighted by atomic mass is 79.9. The number of rotatable bonds is 10. The summed E-state index contributed by atoms with van der Waals surface area (Å²) in [4.78, 5) is 0. The highest BCUT2D eigenvalue weighted by molar-refractivity contribution is 9.09. The van der Waals surface area contributed by atoms with Crippen molar-refractivity contribution < 1.29 is 9.84 Å². The summed E-state index contributed by atoms with van der Waals surface area (Å²) < 4.78 is 5.59. The molecule has 0 aliphatic carbocycles. The smallest absolute Gasteiger partial charge is 0.0541 e. The minimum atomic E-state index is -0.0458. The summed E-state index contributed by atoms with van der Waals surface area (Å²) in [5, 5.41) is 10.3. The van der Waals surface area contributed by atoms with Gasteiger partial charge in [-0.2, -0.15) is 0 Å². The third-order valence-corrected chi connectivity index (χ3v) is 3.42. The van der Waals surface area contributed by atoms with Crippen LogP contribution in [0, 0.1) is 5.41 Å². The van der Waals surface area contributed by atoms with Crippen LogP contribution in [0.2, 0.25) is 0 Å². The molecule has 3 heteroatoms. The van der Waals surface area contributed by atoms with Gasteiger partial charge in [0, 0.05) is 17.4 Å². The lowest BCUT2D eigenvalue weighted by Gasteiger charge is -2.25. The van der Waals surface area contributed by atoms with Gasteiger partial charge in [0.05, 0.1) is 13.2 Å². The Morgan fingerprint density at radius 1 is 1.20 bits per heavy atom. The van der Waals surface area contributed by atoms with Crippen LogP contribution in [0.1, 0.15) is 46.0 Å². The van der Waals surface area contributed by atoms with E-state index in [0.717, 1.165) is 24.8 Å². The Balaban J connectivity index is 3.29. The van der Waals surface area contributed by atoms with E-state index in [0.29, 0.717) is 6.61 Å². The lowest BCUT2D eigenvalue weighted by Crippen LogP contribution is -2.26. The molecule has 0 aromatic carbocycles. The van der Waals surface area contributed by atoms with Crippen LogP contribution in [0.15, 0.2) is 0 Å². The van der Waals surface area contributed by atoms with Crippen molar-refractivity contribution in [1.82, 2.24) is 0 Å². The topological polar surface area (TPSA) is 29.5 Å². The van der Waals surface area contributed by atoms with Crippen molar-refractivity contribution in [3.8, 4) is 0 Å². The van der Waals surface area contributed by atoms with Crippen LogP contribution in [-0.2, 0) is 4.74 Å². The molecule has 0 aliphatic rings. The molecule has 92 valence electrons. The predicted octanol–water partition coefficient (Wildman–Crippen LogP) is 3.37. The second-order valence-corrected chi connectivity index (χ2v) is 5.27. The first-order valence-corrected chi connectivity index (χ1v) is 7.05. The molecule has 0 aromatic heterocycles. The van der Waals surface area contributed by atoms with E-state index in [1.54, 1.807) is 0 Å². The lowest BCUT2D eigenvalue weighted by molar-refractivity contribution is 0.0137. The van der Waals surface area contributed by atoms with Crippen molar-refractivity contribution >= 4 is 15.9 Å². The number of ether oxygens (including phenoxy) is 1. The first-order valence-electron chi connectivity index (χ1n) is 5.93. The normalized spacial score (nSPS) is 15.2. The highest BCUT2D eigenvalue weighted by Gasteiger charge is 2.20. The second-order valence-electron chi connectivity index (χ2n) is 4.48. The fraction of sp³-hybridized carbons (Fsp3) is 1.00. The second kappa shape index (κ2) is 9.61. The summed E-state index contributed by atoms with van der Waals surface area (Å²) in [7, 11) is 0. The van der Waals surface area contributed by atoms with Crippen molar-refractivity contribution in [1.29, 1.82) is 0 Å². The predicted molar refractivity (Wildman–Crippen MR) is 68.6 cm³/mol. The number of aliphatic hydroxyl groups is 1. The molecular formula is C12H25BrO2. The summed E-state index contributed by atoms with van der Waals surface area (Å²) in [5.74, 6) is 0. The molecule has 1 unspecified atom stereocenters. The Morgan fingerprint density at radius 3 is 2.40 bits per heavy atom. The maximum atomic E-state index is 9.17. The number of aliphatic hydroxyl groups excluding tert-OH is 1. The zero-order valence-corrected chi connectivity index (χ0v) is 11.7. The van der Waals surface area contributed by atoms with Gasteiger partial charge < -0.3 is 9.84 Å². The molecule has 0 bridgehead atoms. The number of unbranched alkanes of at least 4 members (excludes halogenated alkanes) is 3. The lowest BCUT2D eigenvalue weighted by atomic mass is 9.90. The fourth-order valence-electron chi connectivity index (χ4n) is 1.23. The summed E-state index contributed by atoms with van der Waals surface area (Å²) in [6.45, 7) is 5.89. The van der Waals surface area contributed by atoms with E-state index in [4.69, 9.17) is 4.74 Å². The third-order valence-electron chi connectivity index (χ3n) is 2.86. The number of halogens is 1. The minimum absolute atomic E-state index is 0.0458. The van der Waals surface area contributed by atoms with Gasteiger partial charge in [-0.3, -0.25) is 0 Å². The molecule has 0 radical (unpaired) electrons. The first kappa shape index (κ1) is 15.4. The quantitative estimate of drug-likeness (QED) is 0.491. The van der Waals surface area contributed by atoms with Crippen LogP contribution >= 0.6 is 15.9 Å². The van der Waals surface area contributed by atoms with Gasteiger partial charge in [0.25, 0.3) is 0 Å². The fourth-order valence-corrected chi connectivity index (χ4v) is 1.63. The Labute approximate surface area is 103 Å². The molecule has 1 N–H and O–H groups in total. The minimum Gasteiger partial charge on any atom is -0.396 e. The van der Waals surface area contributed by atoms with E-state index in [-0.39, 0.29) is 12.0 Å². The zero-order chi connectivity index (χ0) is 11.6. The van der Waals surface area contributed by atoms with E-state index >= 15 is 0 Å². The summed E-state index contributed by atoms with van der Waals surface area (Å²) >= 11 is 3.42. The molecule has 0 aromatic rings. The largest absolute Gasteiger partial charge is 0.396 e. The van der Waals surface area contributed by atoms with E-state index in [1.807, 2.05) is 0 Å². The van der Waals surface area contributed by atoms with E-state index in [2.05, 4.69) is 29.8 Å². The average Bonchev–Trinajstić information content (AvgIpc) is 2.27. The van der Waals surface area contributed by atoms with Gasteiger partial charge in [0.2, 0.25) is 0 Å². The van der Waals surface area contributed by atoms with Gasteiger partial charge in [-0.15, -0.1) is 0 Å². The standard InChI is InChI=1S/C12H25BrO2/c1-3-12(2,10-14)11-15-9-7-5-4-6-8-13/h14H,3-11H2,1-2H3. The Kier molecular flexibility index (Phi) is 9.87. The van der Waals surface area contributed by atoms with Gasteiger partial charge >= 0.3 is 0 Å². The summed E-state index contributed by atoms with van der Waals surface area (Å²) in [6, 6.07) is 0. The molecule has 0 rings (SSSR count). The van der Waals surface area contributed by atoms with Crippen molar-refractivity contribution in [2.24, 2.45) is 5.41 Å². The molecule has 0 aliphatic heterocycles. The zero-order valence-electron chi connectivity index (χ0n) is 10.1. The Morgan fingerprint density at radius 2 is 1.87 bits per heavy atom. The maximum Gasteiger partial charge on any atom is 0.0541 e. The van der Waals surface area contributed by atoms with E-state index in [1.165, 1.54) is 19.3 Å². The van der Waals surface area contributed by atoms with E-state index in [9.17, 15) is 5.11 Å². The van der Waals surface area contributed by atoms with Crippen LogP contribution in [0.25, 0.3) is 0 Å². The highest BCUT2D eigenvalue weighted by Crippen LogP contribution is 2.20. The Bertz CT molecular complexity index is 136. The van der Waals surface area contributed by atoms with Gasteiger partial charge in [-0.05, 0) is 19.3 Å². The molecule has 0 saturated heterocycles. The maximum absolute atomic E-state index is 9.17. The molecule has 0 saturated carbocycles. The van der Waals surface area contributed by atoms with Crippen molar-refractivity contribution in [2.45, 2.75) is 46.0 Å².